The van der Waals surface area contributed by atoms with E-state index in [2.05, 4.69) is 10.2 Å². The van der Waals surface area contributed by atoms with Crippen molar-refractivity contribution in [3.63, 3.8) is 0 Å². The Morgan fingerprint density at radius 1 is 1.14 bits per heavy atom. The summed E-state index contributed by atoms with van der Waals surface area (Å²) in [6, 6.07) is 8.15. The molecule has 4 aromatic rings. The van der Waals surface area contributed by atoms with Crippen LogP contribution in [0.25, 0.3) is 11.2 Å². The fraction of sp³-hybridized carbons (Fsp3) is 0.483. The number of ether oxygens (including phenoxy) is 1. The molecule has 0 spiro atoms. The lowest BCUT2D eigenvalue weighted by molar-refractivity contribution is -0.136. The fourth-order valence-electron chi connectivity index (χ4n) is 6.41. The molecule has 1 saturated carbocycles. The second-order valence-corrected chi connectivity index (χ2v) is 11.6. The van der Waals surface area contributed by atoms with Crippen LogP contribution >= 0.6 is 0 Å². The summed E-state index contributed by atoms with van der Waals surface area (Å²) in [5.74, 6) is -3.00. The van der Waals surface area contributed by atoms with Gasteiger partial charge in [-0.25, -0.2) is 13.6 Å². The van der Waals surface area contributed by atoms with Gasteiger partial charge < -0.3 is 9.30 Å². The number of halogens is 5. The summed E-state index contributed by atoms with van der Waals surface area (Å²) in [5.41, 5.74) is -0.959. The van der Waals surface area contributed by atoms with E-state index in [1.165, 1.54) is 23.9 Å². The first-order chi connectivity index (χ1) is 19.8. The molecule has 0 radical (unpaired) electrons. The van der Waals surface area contributed by atoms with E-state index in [0.29, 0.717) is 18.5 Å². The normalized spacial score (nSPS) is 24.7. The Labute approximate surface area is 238 Å². The average Bonchev–Trinajstić information content (AvgIpc) is 3.49. The van der Waals surface area contributed by atoms with Gasteiger partial charge in [-0.15, -0.1) is 10.2 Å². The van der Waals surface area contributed by atoms with Gasteiger partial charge in [0.1, 0.15) is 12.2 Å². The summed E-state index contributed by atoms with van der Waals surface area (Å²) in [4.78, 5) is 15.3. The molecule has 1 aliphatic carbocycles. The van der Waals surface area contributed by atoms with Gasteiger partial charge in [-0.1, -0.05) is 19.1 Å². The lowest BCUT2D eigenvalue weighted by Gasteiger charge is -2.46. The molecule has 1 aliphatic heterocycles. The predicted octanol–water partition coefficient (Wildman–Crippen LogP) is 4.81. The van der Waals surface area contributed by atoms with E-state index in [-0.39, 0.29) is 43.2 Å². The van der Waals surface area contributed by atoms with Crippen LogP contribution in [-0.4, -0.2) is 60.9 Å². The van der Waals surface area contributed by atoms with Crippen LogP contribution in [0.3, 0.4) is 0 Å². The molecular weight excluding hydrogens is 559 g/mol. The molecule has 8 nitrogen and oxygen atoms in total. The number of alkyl halides is 5. The maximum atomic E-state index is 14.3. The van der Waals surface area contributed by atoms with E-state index in [0.717, 1.165) is 21.9 Å². The molecular formula is C29H31F5N6O2. The van der Waals surface area contributed by atoms with Crippen molar-refractivity contribution in [2.75, 3.05) is 20.2 Å². The molecule has 0 N–H and O–H groups in total. The fourth-order valence-corrected chi connectivity index (χ4v) is 6.41. The number of fused-ring (bicyclic) bond motifs is 1. The van der Waals surface area contributed by atoms with Crippen LogP contribution in [0.5, 0.6) is 0 Å². The topological polar surface area (TPSA) is 69.6 Å². The number of pyridine rings is 1. The van der Waals surface area contributed by atoms with E-state index in [4.69, 9.17) is 4.74 Å². The maximum Gasteiger partial charge on any atom is 0.418 e. The van der Waals surface area contributed by atoms with Crippen LogP contribution in [0, 0.1) is 5.92 Å². The van der Waals surface area contributed by atoms with Gasteiger partial charge in [0, 0.05) is 58.5 Å². The van der Waals surface area contributed by atoms with Gasteiger partial charge in [0.25, 0.3) is 5.92 Å². The molecule has 3 aromatic heterocycles. The van der Waals surface area contributed by atoms with Crippen molar-refractivity contribution in [3.8, 4) is 5.69 Å². The number of piperidine rings is 1. The first kappa shape index (κ1) is 28.5. The number of aromatic nitrogens is 5. The lowest BCUT2D eigenvalue weighted by Crippen LogP contribution is -2.48. The molecule has 224 valence electrons. The SMILES string of the molecule is CO[C@H]1C[C@@](c2cccc(-n3cc4c(C(F)(F)F)cc(CN5CCC(F)(F)[C@H](C)C5)cn4c3=O)c2)(c2nncn2C)C1. The molecule has 1 saturated heterocycles. The molecule has 1 atom stereocenters. The van der Waals surface area contributed by atoms with Crippen molar-refractivity contribution in [1.82, 2.24) is 28.6 Å². The van der Waals surface area contributed by atoms with E-state index in [9.17, 15) is 26.7 Å². The Hall–Kier alpha value is -3.58. The summed E-state index contributed by atoms with van der Waals surface area (Å²) in [6.07, 6.45) is 0.358. The average molecular weight is 591 g/mol. The molecule has 42 heavy (non-hydrogen) atoms. The van der Waals surface area contributed by atoms with E-state index < -0.39 is 34.7 Å². The predicted molar refractivity (Wildman–Crippen MR) is 144 cm³/mol. The minimum Gasteiger partial charge on any atom is -0.381 e. The van der Waals surface area contributed by atoms with Crippen molar-refractivity contribution in [1.29, 1.82) is 0 Å². The van der Waals surface area contributed by atoms with Gasteiger partial charge in [0.15, 0.2) is 0 Å². The third-order valence-corrected chi connectivity index (χ3v) is 8.85. The molecule has 6 rings (SSSR count). The number of methoxy groups -OCH3 is 1. The quantitative estimate of drug-likeness (QED) is 0.302. The number of nitrogens with zero attached hydrogens (tertiary/aromatic N) is 6. The van der Waals surface area contributed by atoms with Gasteiger partial charge in [0.05, 0.1) is 28.3 Å². The monoisotopic (exact) mass is 590 g/mol. The third kappa shape index (κ3) is 4.72. The largest absolute Gasteiger partial charge is 0.418 e. The Balaban J connectivity index is 1.41. The van der Waals surface area contributed by atoms with Gasteiger partial charge in [-0.2, -0.15) is 13.2 Å². The summed E-state index contributed by atoms with van der Waals surface area (Å²) >= 11 is 0. The van der Waals surface area contributed by atoms with Crippen LogP contribution in [0.4, 0.5) is 22.0 Å². The summed E-state index contributed by atoms with van der Waals surface area (Å²) in [7, 11) is 3.49. The second kappa shape index (κ2) is 10.0. The van der Waals surface area contributed by atoms with Crippen LogP contribution in [0.1, 0.15) is 48.7 Å². The zero-order valence-corrected chi connectivity index (χ0v) is 23.4. The smallest absolute Gasteiger partial charge is 0.381 e. The standard InChI is InChI=1S/C29H31F5N6O2/c1-18-13-38(8-7-28(18,30)31)14-19-9-23(29(32,33)34)24-16-39(26(41)40(24)15-19)21-6-4-5-20(10-21)27(11-22(12-27)42-3)25-36-35-17-37(25)2/h4-6,9-10,15-18,22H,7-8,11-14H2,1-3H3/t18-,22-,27+/m1/s1. The van der Waals surface area contributed by atoms with Gasteiger partial charge in [0.2, 0.25) is 0 Å². The number of rotatable bonds is 6. The summed E-state index contributed by atoms with van der Waals surface area (Å²) in [6.45, 7) is 1.55. The Morgan fingerprint density at radius 2 is 1.90 bits per heavy atom. The van der Waals surface area contributed by atoms with Gasteiger partial charge in [-0.05, 0) is 42.2 Å². The molecule has 13 heteroatoms. The summed E-state index contributed by atoms with van der Waals surface area (Å²) in [5, 5.41) is 8.36. The number of imidazole rings is 1. The van der Waals surface area contributed by atoms with Crippen LogP contribution in [-0.2, 0) is 29.9 Å². The zero-order valence-electron chi connectivity index (χ0n) is 23.4. The van der Waals surface area contributed by atoms with Crippen molar-refractivity contribution < 1.29 is 26.7 Å². The van der Waals surface area contributed by atoms with Crippen molar-refractivity contribution in [2.24, 2.45) is 13.0 Å². The Bertz CT molecular complexity index is 1680. The van der Waals surface area contributed by atoms with Crippen LogP contribution < -0.4 is 5.69 Å². The molecule has 0 unspecified atom stereocenters. The number of hydrogen-bond donors (Lipinski definition) is 0. The highest BCUT2D eigenvalue weighted by atomic mass is 19.4. The van der Waals surface area contributed by atoms with E-state index in [1.807, 2.05) is 17.7 Å². The lowest BCUT2D eigenvalue weighted by atomic mass is 9.62. The Kier molecular flexibility index (Phi) is 6.80. The van der Waals surface area contributed by atoms with Gasteiger partial charge in [-0.3, -0.25) is 13.9 Å². The second-order valence-electron chi connectivity index (χ2n) is 11.6. The maximum absolute atomic E-state index is 14.3. The summed E-state index contributed by atoms with van der Waals surface area (Å²) < 4.78 is 80.3. The molecule has 2 aliphatic rings. The van der Waals surface area contributed by atoms with Crippen molar-refractivity contribution in [3.05, 3.63) is 82.1 Å². The van der Waals surface area contributed by atoms with E-state index >= 15 is 0 Å². The molecule has 0 bridgehead atoms. The first-order valence-corrected chi connectivity index (χ1v) is 13.7. The first-order valence-electron chi connectivity index (χ1n) is 13.7. The molecule has 1 aromatic carbocycles. The molecule has 2 fully saturated rings. The highest BCUT2D eigenvalue weighted by Gasteiger charge is 2.50. The zero-order chi connectivity index (χ0) is 30.0. The number of likely N-dealkylation sites (tertiary alicyclic amines) is 1. The minimum atomic E-state index is -4.74. The van der Waals surface area contributed by atoms with Crippen LogP contribution in [0.2, 0.25) is 0 Å². The number of aryl methyl sites for hydroxylation is 1. The van der Waals surface area contributed by atoms with E-state index in [1.54, 1.807) is 36.5 Å². The van der Waals surface area contributed by atoms with Crippen molar-refractivity contribution in [2.45, 2.75) is 56.3 Å². The Morgan fingerprint density at radius 3 is 2.55 bits per heavy atom. The molecule has 4 heterocycles. The highest BCUT2D eigenvalue weighted by molar-refractivity contribution is 5.58. The minimum absolute atomic E-state index is 0.00651. The van der Waals surface area contributed by atoms with Crippen molar-refractivity contribution >= 4 is 5.52 Å². The number of benzene rings is 1. The number of hydrogen-bond acceptors (Lipinski definition) is 5. The third-order valence-electron chi connectivity index (χ3n) is 8.85. The molecule has 0 amide bonds. The highest BCUT2D eigenvalue weighted by Crippen LogP contribution is 2.49. The van der Waals surface area contributed by atoms with Crippen LogP contribution in [0.15, 0.2) is 53.8 Å². The van der Waals surface area contributed by atoms with Gasteiger partial charge >= 0.3 is 11.9 Å².